The molecule has 15 heavy (non-hydrogen) atoms. The van der Waals surface area contributed by atoms with Crippen molar-refractivity contribution in [2.75, 3.05) is 20.6 Å². The fourth-order valence-electron chi connectivity index (χ4n) is 2.32. The maximum Gasteiger partial charge on any atom is 0.116 e. The van der Waals surface area contributed by atoms with Crippen molar-refractivity contribution in [3.63, 3.8) is 0 Å². The van der Waals surface area contributed by atoms with Gasteiger partial charge in [0, 0.05) is 12.6 Å². The van der Waals surface area contributed by atoms with Gasteiger partial charge in [-0.25, -0.2) is 0 Å². The number of rotatable bonds is 4. The van der Waals surface area contributed by atoms with Crippen LogP contribution in [0.2, 0.25) is 0 Å². The Balaban J connectivity index is 2.46. The van der Waals surface area contributed by atoms with E-state index in [1.165, 1.54) is 32.1 Å². The number of likely N-dealkylation sites (N-methyl/N-ethyl adjacent to an activating group) is 2. The molecule has 1 saturated carbocycles. The second-order valence-electron chi connectivity index (χ2n) is 4.90. The molecule has 0 amide bonds. The quantitative estimate of drug-likeness (QED) is 0.766. The molecule has 86 valence electrons. The van der Waals surface area contributed by atoms with Crippen LogP contribution in [0.4, 0.5) is 0 Å². The smallest absolute Gasteiger partial charge is 0.116 e. The van der Waals surface area contributed by atoms with E-state index in [4.69, 9.17) is 5.26 Å². The molecule has 0 heterocycles. The maximum absolute atomic E-state index is 9.09. The Kier molecular flexibility index (Phi) is 4.56. The van der Waals surface area contributed by atoms with Crippen molar-refractivity contribution < 1.29 is 0 Å². The highest BCUT2D eigenvalue weighted by Crippen LogP contribution is 2.22. The van der Waals surface area contributed by atoms with Crippen molar-refractivity contribution in [3.05, 3.63) is 0 Å². The molecule has 1 unspecified atom stereocenters. The molecule has 0 aliphatic heterocycles. The van der Waals surface area contributed by atoms with E-state index < -0.39 is 5.54 Å². The molecule has 3 nitrogen and oxygen atoms in total. The lowest BCUT2D eigenvalue weighted by atomic mass is 9.93. The Morgan fingerprint density at radius 3 is 2.47 bits per heavy atom. The lowest BCUT2D eigenvalue weighted by Gasteiger charge is -2.35. The number of hydrogen-bond donors (Lipinski definition) is 1. The first-order chi connectivity index (χ1) is 7.11. The molecule has 3 heteroatoms. The average molecular weight is 209 g/mol. The molecule has 0 aromatic heterocycles. The van der Waals surface area contributed by atoms with Crippen LogP contribution in [0.25, 0.3) is 0 Å². The van der Waals surface area contributed by atoms with Gasteiger partial charge < -0.3 is 10.2 Å². The number of nitrogens with one attached hydrogen (secondary N) is 1. The fourth-order valence-corrected chi connectivity index (χ4v) is 2.32. The van der Waals surface area contributed by atoms with Crippen LogP contribution < -0.4 is 5.32 Å². The van der Waals surface area contributed by atoms with Crippen LogP contribution >= 0.6 is 0 Å². The minimum atomic E-state index is -0.411. The highest BCUT2D eigenvalue weighted by Gasteiger charge is 2.27. The van der Waals surface area contributed by atoms with E-state index in [0.29, 0.717) is 6.04 Å². The van der Waals surface area contributed by atoms with E-state index in [1.807, 2.05) is 14.0 Å². The predicted molar refractivity (Wildman–Crippen MR) is 62.6 cm³/mol. The van der Waals surface area contributed by atoms with Crippen molar-refractivity contribution in [2.45, 2.75) is 50.6 Å². The van der Waals surface area contributed by atoms with Crippen LogP contribution in [0.15, 0.2) is 0 Å². The zero-order chi connectivity index (χ0) is 11.3. The molecular weight excluding hydrogens is 186 g/mol. The molecular formula is C12H23N3. The van der Waals surface area contributed by atoms with Crippen LogP contribution in [0, 0.1) is 11.3 Å². The van der Waals surface area contributed by atoms with Gasteiger partial charge >= 0.3 is 0 Å². The third-order valence-electron chi connectivity index (χ3n) is 3.56. The van der Waals surface area contributed by atoms with Crippen LogP contribution in [-0.4, -0.2) is 37.1 Å². The highest BCUT2D eigenvalue weighted by atomic mass is 15.2. The molecule has 1 atom stereocenters. The van der Waals surface area contributed by atoms with Gasteiger partial charge in [-0.1, -0.05) is 19.3 Å². The molecule has 1 rings (SSSR count). The molecule has 0 spiro atoms. The van der Waals surface area contributed by atoms with Gasteiger partial charge in [0.1, 0.15) is 5.54 Å². The van der Waals surface area contributed by atoms with E-state index in [1.54, 1.807) is 0 Å². The molecule has 1 fully saturated rings. The van der Waals surface area contributed by atoms with Gasteiger partial charge in [0.15, 0.2) is 0 Å². The minimum absolute atomic E-state index is 0.411. The van der Waals surface area contributed by atoms with Gasteiger partial charge in [0.05, 0.1) is 6.07 Å². The molecule has 0 radical (unpaired) electrons. The maximum atomic E-state index is 9.09. The molecule has 1 aliphatic rings. The first-order valence-electron chi connectivity index (χ1n) is 5.92. The van der Waals surface area contributed by atoms with E-state index in [2.05, 4.69) is 23.3 Å². The zero-order valence-electron chi connectivity index (χ0n) is 10.2. The Morgan fingerprint density at radius 1 is 1.40 bits per heavy atom. The van der Waals surface area contributed by atoms with Crippen molar-refractivity contribution in [2.24, 2.45) is 0 Å². The summed E-state index contributed by atoms with van der Waals surface area (Å²) < 4.78 is 0. The summed E-state index contributed by atoms with van der Waals surface area (Å²) >= 11 is 0. The molecule has 1 aliphatic carbocycles. The largest absolute Gasteiger partial charge is 0.302 e. The standard InChI is InChI=1S/C12H23N3/c1-12(9-13,14-2)10-15(3)11-7-5-4-6-8-11/h11,14H,4-8,10H2,1-3H3. The molecule has 0 aromatic rings. The van der Waals surface area contributed by atoms with E-state index in [9.17, 15) is 0 Å². The third kappa shape index (κ3) is 3.48. The topological polar surface area (TPSA) is 39.1 Å². The van der Waals surface area contributed by atoms with Crippen molar-refractivity contribution in [3.8, 4) is 6.07 Å². The number of nitriles is 1. The minimum Gasteiger partial charge on any atom is -0.302 e. The fraction of sp³-hybridized carbons (Fsp3) is 0.917. The first kappa shape index (κ1) is 12.5. The summed E-state index contributed by atoms with van der Waals surface area (Å²) in [7, 11) is 4.00. The zero-order valence-corrected chi connectivity index (χ0v) is 10.2. The normalized spacial score (nSPS) is 22.3. The lowest BCUT2D eigenvalue weighted by Crippen LogP contribution is -2.50. The highest BCUT2D eigenvalue weighted by molar-refractivity contribution is 5.05. The summed E-state index contributed by atoms with van der Waals surface area (Å²) in [5.74, 6) is 0. The average Bonchev–Trinajstić information content (AvgIpc) is 2.30. The SMILES string of the molecule is CNC(C)(C#N)CN(C)C1CCCCC1. The van der Waals surface area contributed by atoms with Crippen LogP contribution in [0.5, 0.6) is 0 Å². The molecule has 0 saturated heterocycles. The van der Waals surface area contributed by atoms with Crippen LogP contribution in [0.3, 0.4) is 0 Å². The summed E-state index contributed by atoms with van der Waals surface area (Å²) in [5, 5.41) is 12.2. The van der Waals surface area contributed by atoms with Crippen molar-refractivity contribution >= 4 is 0 Å². The van der Waals surface area contributed by atoms with Gasteiger partial charge in [-0.3, -0.25) is 0 Å². The Labute approximate surface area is 93.5 Å². The summed E-state index contributed by atoms with van der Waals surface area (Å²) in [4.78, 5) is 2.35. The van der Waals surface area contributed by atoms with Crippen LogP contribution in [0.1, 0.15) is 39.0 Å². The summed E-state index contributed by atoms with van der Waals surface area (Å²) in [6.45, 7) is 2.77. The Morgan fingerprint density at radius 2 is 2.00 bits per heavy atom. The lowest BCUT2D eigenvalue weighted by molar-refractivity contribution is 0.164. The number of nitrogens with zero attached hydrogens (tertiary/aromatic N) is 2. The van der Waals surface area contributed by atoms with Crippen molar-refractivity contribution in [1.82, 2.24) is 10.2 Å². The van der Waals surface area contributed by atoms with Gasteiger partial charge in [-0.15, -0.1) is 0 Å². The molecule has 1 N–H and O–H groups in total. The molecule has 0 aromatic carbocycles. The van der Waals surface area contributed by atoms with E-state index in [0.717, 1.165) is 6.54 Å². The van der Waals surface area contributed by atoms with Crippen LogP contribution in [-0.2, 0) is 0 Å². The molecule has 0 bridgehead atoms. The second-order valence-corrected chi connectivity index (χ2v) is 4.90. The second kappa shape index (κ2) is 5.48. The summed E-state index contributed by atoms with van der Waals surface area (Å²) in [5.41, 5.74) is -0.411. The van der Waals surface area contributed by atoms with Crippen molar-refractivity contribution in [1.29, 1.82) is 5.26 Å². The predicted octanol–water partition coefficient (Wildman–Crippen LogP) is 1.75. The van der Waals surface area contributed by atoms with E-state index in [-0.39, 0.29) is 0 Å². The third-order valence-corrected chi connectivity index (χ3v) is 3.56. The monoisotopic (exact) mass is 209 g/mol. The Hall–Kier alpha value is -0.590. The summed E-state index contributed by atoms with van der Waals surface area (Å²) in [6.07, 6.45) is 6.66. The van der Waals surface area contributed by atoms with E-state index >= 15 is 0 Å². The van der Waals surface area contributed by atoms with Gasteiger partial charge in [-0.2, -0.15) is 5.26 Å². The van der Waals surface area contributed by atoms with Gasteiger partial charge in [0.2, 0.25) is 0 Å². The number of hydrogen-bond acceptors (Lipinski definition) is 3. The summed E-state index contributed by atoms with van der Waals surface area (Å²) in [6, 6.07) is 3.03. The Bertz CT molecular complexity index is 228. The van der Waals surface area contributed by atoms with Gasteiger partial charge in [0.25, 0.3) is 0 Å². The van der Waals surface area contributed by atoms with Gasteiger partial charge in [-0.05, 0) is 33.9 Å². The first-order valence-corrected chi connectivity index (χ1v) is 5.92.